The summed E-state index contributed by atoms with van der Waals surface area (Å²) >= 11 is 0. The monoisotopic (exact) mass is 269 g/mol. The van der Waals surface area contributed by atoms with Gasteiger partial charge in [0.05, 0.1) is 11.7 Å². The summed E-state index contributed by atoms with van der Waals surface area (Å²) in [5.74, 6) is -1.77. The minimum Gasteiger partial charge on any atom is -0.393 e. The molecule has 0 aliphatic heterocycles. The quantitative estimate of drug-likeness (QED) is 0.880. The van der Waals surface area contributed by atoms with Crippen LogP contribution < -0.4 is 5.32 Å². The second-order valence-corrected chi connectivity index (χ2v) is 5.00. The average Bonchev–Trinajstić information content (AvgIpc) is 2.35. The number of halogens is 2. The highest BCUT2D eigenvalue weighted by Gasteiger charge is 2.34. The lowest BCUT2D eigenvalue weighted by Gasteiger charge is -2.37. The van der Waals surface area contributed by atoms with Gasteiger partial charge in [0, 0.05) is 6.04 Å². The Hall–Kier alpha value is -1.49. The van der Waals surface area contributed by atoms with E-state index in [1.165, 1.54) is 0 Å². The predicted octanol–water partition coefficient (Wildman–Crippen LogP) is 2.24. The lowest BCUT2D eigenvalue weighted by molar-refractivity contribution is 0.0232. The van der Waals surface area contributed by atoms with E-state index in [9.17, 15) is 18.7 Å². The van der Waals surface area contributed by atoms with Gasteiger partial charge in [0.25, 0.3) is 5.91 Å². The Labute approximate surface area is 110 Å². The van der Waals surface area contributed by atoms with Crippen LogP contribution in [0.5, 0.6) is 0 Å². The van der Waals surface area contributed by atoms with Crippen LogP contribution in [0.2, 0.25) is 0 Å². The molecule has 19 heavy (non-hydrogen) atoms. The summed E-state index contributed by atoms with van der Waals surface area (Å²) in [5.41, 5.74) is -0.279. The standard InChI is InChI=1S/C14H17F2NO2/c1-2-13(8-5-10(18)6-8)17-14(19)11-7-9(15)3-4-12(11)16/h3-4,7-8,10,13,18H,2,5-6H2,1H3,(H,17,19). The summed E-state index contributed by atoms with van der Waals surface area (Å²) in [4.78, 5) is 11.9. The fraction of sp³-hybridized carbons (Fsp3) is 0.500. The average molecular weight is 269 g/mol. The number of nitrogens with one attached hydrogen (secondary N) is 1. The van der Waals surface area contributed by atoms with E-state index < -0.39 is 17.5 Å². The molecule has 0 saturated heterocycles. The number of hydrogen-bond acceptors (Lipinski definition) is 2. The Balaban J connectivity index is 2.05. The van der Waals surface area contributed by atoms with Gasteiger partial charge in [0.15, 0.2) is 0 Å². The molecule has 104 valence electrons. The highest BCUT2D eigenvalue weighted by atomic mass is 19.1. The molecule has 1 aromatic rings. The largest absolute Gasteiger partial charge is 0.393 e. The van der Waals surface area contributed by atoms with E-state index in [2.05, 4.69) is 5.32 Å². The van der Waals surface area contributed by atoms with Gasteiger partial charge in [-0.25, -0.2) is 8.78 Å². The van der Waals surface area contributed by atoms with E-state index in [4.69, 9.17) is 0 Å². The van der Waals surface area contributed by atoms with Crippen LogP contribution in [0.15, 0.2) is 18.2 Å². The fourth-order valence-electron chi connectivity index (χ4n) is 2.43. The van der Waals surface area contributed by atoms with Crippen LogP contribution in [-0.2, 0) is 0 Å². The maximum atomic E-state index is 13.5. The van der Waals surface area contributed by atoms with Crippen molar-refractivity contribution in [2.24, 2.45) is 5.92 Å². The van der Waals surface area contributed by atoms with E-state index in [1.54, 1.807) is 0 Å². The molecule has 1 aliphatic carbocycles. The zero-order valence-electron chi connectivity index (χ0n) is 10.7. The van der Waals surface area contributed by atoms with E-state index >= 15 is 0 Å². The third kappa shape index (κ3) is 3.10. The SMILES string of the molecule is CCC(NC(=O)c1cc(F)ccc1F)C1CC(O)C1. The zero-order valence-corrected chi connectivity index (χ0v) is 10.7. The van der Waals surface area contributed by atoms with Crippen LogP contribution >= 0.6 is 0 Å². The molecule has 0 radical (unpaired) electrons. The van der Waals surface area contributed by atoms with Crippen LogP contribution in [0.25, 0.3) is 0 Å². The highest BCUT2D eigenvalue weighted by molar-refractivity contribution is 5.94. The van der Waals surface area contributed by atoms with Crippen molar-refractivity contribution < 1.29 is 18.7 Å². The molecule has 0 spiro atoms. The smallest absolute Gasteiger partial charge is 0.254 e. The van der Waals surface area contributed by atoms with Gasteiger partial charge in [-0.05, 0) is 43.4 Å². The van der Waals surface area contributed by atoms with Gasteiger partial charge in [-0.2, -0.15) is 0 Å². The van der Waals surface area contributed by atoms with Crippen molar-refractivity contribution in [2.45, 2.75) is 38.3 Å². The molecule has 1 aromatic carbocycles. The Kier molecular flexibility index (Phi) is 4.14. The number of amides is 1. The minimum absolute atomic E-state index is 0.112. The summed E-state index contributed by atoms with van der Waals surface area (Å²) in [7, 11) is 0. The molecular weight excluding hydrogens is 252 g/mol. The summed E-state index contributed by atoms with van der Waals surface area (Å²) < 4.78 is 26.5. The first-order chi connectivity index (χ1) is 9.01. The molecule has 1 atom stereocenters. The van der Waals surface area contributed by atoms with Gasteiger partial charge in [0.1, 0.15) is 11.6 Å². The number of carbonyl (C=O) groups excluding carboxylic acids is 1. The zero-order chi connectivity index (χ0) is 14.0. The normalized spacial score (nSPS) is 23.6. The van der Waals surface area contributed by atoms with Crippen molar-refractivity contribution in [1.29, 1.82) is 0 Å². The van der Waals surface area contributed by atoms with Crippen LogP contribution in [0.3, 0.4) is 0 Å². The van der Waals surface area contributed by atoms with E-state index in [0.29, 0.717) is 19.3 Å². The molecular formula is C14H17F2NO2. The Morgan fingerprint density at radius 3 is 2.74 bits per heavy atom. The first kappa shape index (κ1) is 13.9. The van der Waals surface area contributed by atoms with Crippen molar-refractivity contribution in [3.8, 4) is 0 Å². The van der Waals surface area contributed by atoms with Crippen LogP contribution in [-0.4, -0.2) is 23.2 Å². The Morgan fingerprint density at radius 2 is 2.16 bits per heavy atom. The lowest BCUT2D eigenvalue weighted by Crippen LogP contribution is -2.46. The van der Waals surface area contributed by atoms with E-state index in [1.807, 2.05) is 6.92 Å². The third-order valence-corrected chi connectivity index (χ3v) is 3.65. The molecule has 1 amide bonds. The lowest BCUT2D eigenvalue weighted by atomic mass is 9.76. The predicted molar refractivity (Wildman–Crippen MR) is 66.6 cm³/mol. The number of carbonyl (C=O) groups is 1. The molecule has 0 bridgehead atoms. The van der Waals surface area contributed by atoms with Gasteiger partial charge in [-0.1, -0.05) is 6.92 Å². The molecule has 2 rings (SSSR count). The third-order valence-electron chi connectivity index (χ3n) is 3.65. The van der Waals surface area contributed by atoms with Gasteiger partial charge in [-0.15, -0.1) is 0 Å². The maximum absolute atomic E-state index is 13.5. The van der Waals surface area contributed by atoms with E-state index in [-0.39, 0.29) is 23.6 Å². The van der Waals surface area contributed by atoms with Gasteiger partial charge in [0.2, 0.25) is 0 Å². The molecule has 0 heterocycles. The highest BCUT2D eigenvalue weighted by Crippen LogP contribution is 2.31. The summed E-state index contributed by atoms with van der Waals surface area (Å²) in [6, 6.07) is 2.70. The molecule has 1 fully saturated rings. The molecule has 1 aliphatic rings. The molecule has 0 aromatic heterocycles. The second-order valence-electron chi connectivity index (χ2n) is 5.00. The van der Waals surface area contributed by atoms with Crippen LogP contribution in [0, 0.1) is 17.6 Å². The second kappa shape index (κ2) is 5.65. The van der Waals surface area contributed by atoms with Gasteiger partial charge >= 0.3 is 0 Å². The number of aliphatic hydroxyl groups excluding tert-OH is 1. The van der Waals surface area contributed by atoms with Crippen molar-refractivity contribution in [3.63, 3.8) is 0 Å². The Bertz CT molecular complexity index is 473. The summed E-state index contributed by atoms with van der Waals surface area (Å²) in [6.45, 7) is 1.91. The maximum Gasteiger partial charge on any atom is 0.254 e. The summed E-state index contributed by atoms with van der Waals surface area (Å²) in [6.07, 6.45) is 1.68. The molecule has 3 nitrogen and oxygen atoms in total. The van der Waals surface area contributed by atoms with E-state index in [0.717, 1.165) is 18.2 Å². The van der Waals surface area contributed by atoms with Crippen molar-refractivity contribution in [1.82, 2.24) is 5.32 Å². The van der Waals surface area contributed by atoms with Crippen LogP contribution in [0.1, 0.15) is 36.5 Å². The first-order valence-electron chi connectivity index (χ1n) is 6.45. The van der Waals surface area contributed by atoms with Crippen molar-refractivity contribution in [3.05, 3.63) is 35.4 Å². The first-order valence-corrected chi connectivity index (χ1v) is 6.45. The number of rotatable bonds is 4. The molecule has 1 unspecified atom stereocenters. The number of benzene rings is 1. The topological polar surface area (TPSA) is 49.3 Å². The van der Waals surface area contributed by atoms with Gasteiger partial charge < -0.3 is 10.4 Å². The molecule has 2 N–H and O–H groups in total. The number of hydrogen-bond donors (Lipinski definition) is 2. The van der Waals surface area contributed by atoms with Crippen molar-refractivity contribution in [2.75, 3.05) is 0 Å². The molecule has 5 heteroatoms. The van der Waals surface area contributed by atoms with Gasteiger partial charge in [-0.3, -0.25) is 4.79 Å². The Morgan fingerprint density at radius 1 is 1.47 bits per heavy atom. The minimum atomic E-state index is -0.734. The van der Waals surface area contributed by atoms with Crippen molar-refractivity contribution >= 4 is 5.91 Å². The van der Waals surface area contributed by atoms with Crippen LogP contribution in [0.4, 0.5) is 8.78 Å². The fourth-order valence-corrected chi connectivity index (χ4v) is 2.43. The molecule has 1 saturated carbocycles. The summed E-state index contributed by atoms with van der Waals surface area (Å²) in [5, 5.41) is 12.0. The number of aliphatic hydroxyl groups is 1.